The summed E-state index contributed by atoms with van der Waals surface area (Å²) in [6, 6.07) is 11.7. The second-order valence-electron chi connectivity index (χ2n) is 5.35. The van der Waals surface area contributed by atoms with Crippen molar-refractivity contribution in [3.05, 3.63) is 53.1 Å². The van der Waals surface area contributed by atoms with Crippen LogP contribution in [0.4, 0.5) is 5.69 Å². The highest BCUT2D eigenvalue weighted by Gasteiger charge is 2.14. The number of aryl methyl sites for hydroxylation is 2. The molecule has 1 atom stereocenters. The predicted octanol–water partition coefficient (Wildman–Crippen LogP) is 3.07. The molecule has 2 aromatic carbocycles. The number of nitrogen functional groups attached to an aromatic ring is 1. The predicted molar refractivity (Wildman–Crippen MR) is 86.0 cm³/mol. The molecule has 0 radical (unpaired) electrons. The highest BCUT2D eigenvalue weighted by Crippen LogP contribution is 2.27. The molecule has 21 heavy (non-hydrogen) atoms. The van der Waals surface area contributed by atoms with Crippen LogP contribution in [0.2, 0.25) is 0 Å². The van der Waals surface area contributed by atoms with Gasteiger partial charge < -0.3 is 10.5 Å². The second kappa shape index (κ2) is 5.90. The van der Waals surface area contributed by atoms with Crippen molar-refractivity contribution in [1.29, 1.82) is 0 Å². The van der Waals surface area contributed by atoms with Crippen LogP contribution < -0.4 is 10.5 Å². The third kappa shape index (κ3) is 2.95. The summed E-state index contributed by atoms with van der Waals surface area (Å²) in [7, 11) is 0.437. The van der Waals surface area contributed by atoms with Crippen molar-refractivity contribution in [3.8, 4) is 5.75 Å². The van der Waals surface area contributed by atoms with Gasteiger partial charge in [-0.05, 0) is 54.2 Å². The van der Waals surface area contributed by atoms with E-state index in [0.29, 0.717) is 22.1 Å². The number of rotatable bonds is 4. The summed E-state index contributed by atoms with van der Waals surface area (Å²) in [5.41, 5.74) is 10.4. The number of fused-ring (bicyclic) bond motifs is 1. The normalized spacial score (nSPS) is 14.7. The lowest BCUT2D eigenvalue weighted by molar-refractivity contribution is 0.413. The molecule has 1 aliphatic carbocycles. The zero-order valence-electron chi connectivity index (χ0n) is 12.1. The van der Waals surface area contributed by atoms with Gasteiger partial charge in [0.25, 0.3) is 0 Å². The van der Waals surface area contributed by atoms with Crippen LogP contribution in [0, 0.1) is 0 Å². The van der Waals surface area contributed by atoms with Gasteiger partial charge in [-0.25, -0.2) is 0 Å². The third-order valence-electron chi connectivity index (χ3n) is 3.93. The molecule has 1 aliphatic rings. The fraction of sp³-hybridized carbons (Fsp3) is 0.294. The first kappa shape index (κ1) is 14.1. The summed E-state index contributed by atoms with van der Waals surface area (Å²) >= 11 is 0. The van der Waals surface area contributed by atoms with Crippen LogP contribution >= 0.6 is 0 Å². The molecule has 0 saturated carbocycles. The molecule has 3 rings (SSSR count). The van der Waals surface area contributed by atoms with Crippen molar-refractivity contribution in [2.24, 2.45) is 0 Å². The van der Waals surface area contributed by atoms with Crippen LogP contribution in [0.1, 0.15) is 23.1 Å². The molecule has 0 aromatic heterocycles. The van der Waals surface area contributed by atoms with Crippen LogP contribution in [-0.4, -0.2) is 11.3 Å². The third-order valence-corrected chi connectivity index (χ3v) is 5.37. The van der Waals surface area contributed by atoms with Gasteiger partial charge in [-0.2, -0.15) is 0 Å². The molecule has 0 bridgehead atoms. The Labute approximate surface area is 127 Å². The molecule has 3 nitrogen and oxygen atoms in total. The average Bonchev–Trinajstić information content (AvgIpc) is 2.95. The summed E-state index contributed by atoms with van der Waals surface area (Å²) in [5, 5.41) is 0. The molecule has 0 fully saturated rings. The van der Waals surface area contributed by atoms with Crippen LogP contribution in [0.25, 0.3) is 0 Å². The number of nitrogens with two attached hydrogens (primary N) is 1. The minimum absolute atomic E-state index is 0.491. The molecule has 0 amide bonds. The minimum atomic E-state index is -1.16. The van der Waals surface area contributed by atoms with E-state index in [0.717, 1.165) is 12.0 Å². The molecule has 110 valence electrons. The highest BCUT2D eigenvalue weighted by atomic mass is 32.2. The lowest BCUT2D eigenvalue weighted by Gasteiger charge is -2.09. The maximum Gasteiger partial charge on any atom is 0.120 e. The van der Waals surface area contributed by atoms with E-state index in [4.69, 9.17) is 10.5 Å². The molecule has 2 aromatic rings. The second-order valence-corrected chi connectivity index (χ2v) is 6.77. The number of benzene rings is 2. The molecular weight excluding hydrogens is 282 g/mol. The molecule has 4 heteroatoms. The van der Waals surface area contributed by atoms with Gasteiger partial charge >= 0.3 is 0 Å². The fourth-order valence-electron chi connectivity index (χ4n) is 2.78. The van der Waals surface area contributed by atoms with Crippen molar-refractivity contribution in [3.63, 3.8) is 0 Å². The van der Waals surface area contributed by atoms with E-state index in [-0.39, 0.29) is 0 Å². The highest BCUT2D eigenvalue weighted by molar-refractivity contribution is 7.84. The average molecular weight is 301 g/mol. The van der Waals surface area contributed by atoms with Crippen LogP contribution in [0.5, 0.6) is 5.75 Å². The van der Waals surface area contributed by atoms with E-state index in [1.54, 1.807) is 25.3 Å². The van der Waals surface area contributed by atoms with Crippen molar-refractivity contribution in [2.45, 2.75) is 29.9 Å². The Balaban J connectivity index is 1.83. The maximum absolute atomic E-state index is 12.6. The summed E-state index contributed by atoms with van der Waals surface area (Å²) in [6.07, 6.45) is 3.53. The molecule has 0 aliphatic heterocycles. The number of hydrogen-bond acceptors (Lipinski definition) is 3. The van der Waals surface area contributed by atoms with Gasteiger partial charge in [0, 0.05) is 5.69 Å². The van der Waals surface area contributed by atoms with E-state index in [1.165, 1.54) is 24.0 Å². The molecular formula is C17H19NO2S. The van der Waals surface area contributed by atoms with Gasteiger partial charge in [-0.3, -0.25) is 4.21 Å². The van der Waals surface area contributed by atoms with Gasteiger partial charge in [0.1, 0.15) is 5.75 Å². The Bertz CT molecular complexity index is 697. The molecule has 2 N–H and O–H groups in total. The quantitative estimate of drug-likeness (QED) is 0.883. The standard InChI is InChI=1S/C17H19NO2S/c1-20-15-7-8-16(18)17(10-15)21(19)11-12-5-6-13-3-2-4-14(13)9-12/h5-10H,2-4,11,18H2,1H3. The zero-order chi connectivity index (χ0) is 14.8. The SMILES string of the molecule is COc1ccc(N)c(S(=O)Cc2ccc3c(c2)CCC3)c1. The van der Waals surface area contributed by atoms with Crippen molar-refractivity contribution in [2.75, 3.05) is 12.8 Å². The van der Waals surface area contributed by atoms with E-state index < -0.39 is 10.8 Å². The Kier molecular flexibility index (Phi) is 3.97. The number of ether oxygens (including phenoxy) is 1. The lowest BCUT2D eigenvalue weighted by Crippen LogP contribution is -2.02. The molecule has 0 heterocycles. The first-order chi connectivity index (χ1) is 10.2. The van der Waals surface area contributed by atoms with Gasteiger partial charge in [-0.15, -0.1) is 0 Å². The van der Waals surface area contributed by atoms with E-state index in [1.807, 2.05) is 0 Å². The number of methoxy groups -OCH3 is 1. The first-order valence-corrected chi connectivity index (χ1v) is 8.42. The van der Waals surface area contributed by atoms with Gasteiger partial charge in [-0.1, -0.05) is 18.2 Å². The van der Waals surface area contributed by atoms with Gasteiger partial charge in [0.15, 0.2) is 0 Å². The van der Waals surface area contributed by atoms with Gasteiger partial charge in [0.2, 0.25) is 0 Å². The Hall–Kier alpha value is -1.81. The first-order valence-electron chi connectivity index (χ1n) is 7.10. The Morgan fingerprint density at radius 3 is 2.76 bits per heavy atom. The number of hydrogen-bond donors (Lipinski definition) is 1. The van der Waals surface area contributed by atoms with E-state index in [2.05, 4.69) is 18.2 Å². The Morgan fingerprint density at radius 2 is 1.95 bits per heavy atom. The molecule has 1 unspecified atom stereocenters. The smallest absolute Gasteiger partial charge is 0.120 e. The lowest BCUT2D eigenvalue weighted by atomic mass is 10.1. The van der Waals surface area contributed by atoms with E-state index in [9.17, 15) is 4.21 Å². The summed E-state index contributed by atoms with van der Waals surface area (Å²) < 4.78 is 17.8. The summed E-state index contributed by atoms with van der Waals surface area (Å²) in [4.78, 5) is 0.648. The van der Waals surface area contributed by atoms with Crippen molar-refractivity contribution in [1.82, 2.24) is 0 Å². The van der Waals surface area contributed by atoms with Crippen LogP contribution in [-0.2, 0) is 29.4 Å². The largest absolute Gasteiger partial charge is 0.497 e. The molecule has 0 spiro atoms. The van der Waals surface area contributed by atoms with Crippen molar-refractivity contribution >= 4 is 16.5 Å². The minimum Gasteiger partial charge on any atom is -0.497 e. The molecule has 0 saturated heterocycles. The monoisotopic (exact) mass is 301 g/mol. The van der Waals surface area contributed by atoms with E-state index >= 15 is 0 Å². The summed E-state index contributed by atoms with van der Waals surface area (Å²) in [6.45, 7) is 0. The fourth-order valence-corrected chi connectivity index (χ4v) is 4.00. The van der Waals surface area contributed by atoms with Crippen LogP contribution in [0.15, 0.2) is 41.3 Å². The van der Waals surface area contributed by atoms with Gasteiger partial charge in [0.05, 0.1) is 28.6 Å². The van der Waals surface area contributed by atoms with Crippen LogP contribution in [0.3, 0.4) is 0 Å². The number of anilines is 1. The topological polar surface area (TPSA) is 52.3 Å². The summed E-state index contributed by atoms with van der Waals surface area (Å²) in [5.74, 6) is 1.17. The maximum atomic E-state index is 12.6. The van der Waals surface area contributed by atoms with Crippen molar-refractivity contribution < 1.29 is 8.95 Å². The zero-order valence-corrected chi connectivity index (χ0v) is 12.9. The Morgan fingerprint density at radius 1 is 1.14 bits per heavy atom.